The molecule has 1 saturated carbocycles. The van der Waals surface area contributed by atoms with Crippen LogP contribution in [0.25, 0.3) is 22.5 Å². The molecule has 162 valence electrons. The number of carbonyl (C=O) groups is 1. The van der Waals surface area contributed by atoms with Crippen LogP contribution >= 0.6 is 11.6 Å². The van der Waals surface area contributed by atoms with E-state index >= 15 is 0 Å². The molecule has 0 spiro atoms. The number of rotatable bonds is 8. The SMILES string of the molecule is Cc1cc(OCC(C)(C)C(=O)O)ncc1-c1ccc(-c2ncc(CC3CC3)[nH]2)c(Cl)c1. The fraction of sp³-hybridized carbons (Fsp3) is 0.375. The van der Waals surface area contributed by atoms with Gasteiger partial charge in [-0.2, -0.15) is 0 Å². The minimum atomic E-state index is -0.984. The van der Waals surface area contributed by atoms with E-state index in [2.05, 4.69) is 15.0 Å². The van der Waals surface area contributed by atoms with Crippen molar-refractivity contribution in [2.75, 3.05) is 6.61 Å². The second-order valence-electron chi connectivity index (χ2n) is 8.91. The summed E-state index contributed by atoms with van der Waals surface area (Å²) in [6.45, 7) is 5.24. The number of ether oxygens (including phenoxy) is 1. The molecule has 1 aliphatic carbocycles. The summed E-state index contributed by atoms with van der Waals surface area (Å²) in [6.07, 6.45) is 7.28. The highest BCUT2D eigenvalue weighted by molar-refractivity contribution is 6.33. The molecule has 0 aliphatic heterocycles. The Kier molecular flexibility index (Phi) is 5.75. The maximum Gasteiger partial charge on any atom is 0.312 e. The van der Waals surface area contributed by atoms with E-state index in [0.717, 1.165) is 46.1 Å². The maximum absolute atomic E-state index is 11.2. The number of imidazole rings is 1. The summed E-state index contributed by atoms with van der Waals surface area (Å²) in [6, 6.07) is 7.70. The zero-order chi connectivity index (χ0) is 22.2. The summed E-state index contributed by atoms with van der Waals surface area (Å²) in [5, 5.41) is 9.84. The van der Waals surface area contributed by atoms with Crippen molar-refractivity contribution in [2.24, 2.45) is 11.3 Å². The molecule has 2 heterocycles. The van der Waals surface area contributed by atoms with E-state index in [1.54, 1.807) is 20.0 Å². The van der Waals surface area contributed by atoms with Gasteiger partial charge in [0.25, 0.3) is 0 Å². The lowest BCUT2D eigenvalue weighted by Crippen LogP contribution is -2.30. The van der Waals surface area contributed by atoms with Gasteiger partial charge in [0.05, 0.1) is 10.4 Å². The summed E-state index contributed by atoms with van der Waals surface area (Å²) < 4.78 is 5.61. The van der Waals surface area contributed by atoms with Crippen LogP contribution in [0.15, 0.2) is 36.7 Å². The first-order valence-corrected chi connectivity index (χ1v) is 10.8. The molecule has 0 unspecified atom stereocenters. The van der Waals surface area contributed by atoms with E-state index < -0.39 is 11.4 Å². The molecule has 0 saturated heterocycles. The van der Waals surface area contributed by atoms with Crippen LogP contribution in [0.3, 0.4) is 0 Å². The predicted octanol–water partition coefficient (Wildman–Crippen LogP) is 5.54. The van der Waals surface area contributed by atoms with Crippen molar-refractivity contribution < 1.29 is 14.6 Å². The van der Waals surface area contributed by atoms with E-state index in [0.29, 0.717) is 10.9 Å². The van der Waals surface area contributed by atoms with Crippen molar-refractivity contribution in [1.29, 1.82) is 0 Å². The molecule has 0 radical (unpaired) electrons. The molecule has 31 heavy (non-hydrogen) atoms. The zero-order valence-electron chi connectivity index (χ0n) is 17.9. The zero-order valence-corrected chi connectivity index (χ0v) is 18.7. The van der Waals surface area contributed by atoms with Crippen molar-refractivity contribution in [3.63, 3.8) is 0 Å². The van der Waals surface area contributed by atoms with Crippen LogP contribution in [0.2, 0.25) is 5.02 Å². The number of aliphatic carboxylic acids is 1. The van der Waals surface area contributed by atoms with Gasteiger partial charge >= 0.3 is 5.97 Å². The highest BCUT2D eigenvalue weighted by Gasteiger charge is 2.28. The first-order chi connectivity index (χ1) is 14.7. The van der Waals surface area contributed by atoms with Crippen molar-refractivity contribution in [3.05, 3.63) is 52.9 Å². The molecule has 4 rings (SSSR count). The molecule has 1 aliphatic rings. The van der Waals surface area contributed by atoms with Crippen molar-refractivity contribution in [2.45, 2.75) is 40.0 Å². The van der Waals surface area contributed by atoms with Crippen LogP contribution in [-0.2, 0) is 11.2 Å². The molecule has 6 nitrogen and oxygen atoms in total. The van der Waals surface area contributed by atoms with Crippen LogP contribution in [0.1, 0.15) is 37.9 Å². The summed E-state index contributed by atoms with van der Waals surface area (Å²) in [5.74, 6) is 1.07. The number of pyridine rings is 1. The third-order valence-corrected chi connectivity index (χ3v) is 5.93. The number of aromatic amines is 1. The van der Waals surface area contributed by atoms with E-state index in [1.165, 1.54) is 12.8 Å². The topological polar surface area (TPSA) is 88.1 Å². The molecule has 3 aromatic rings. The molecule has 2 N–H and O–H groups in total. The van der Waals surface area contributed by atoms with Gasteiger partial charge in [-0.25, -0.2) is 9.97 Å². The molecular formula is C24H26ClN3O3. The second kappa shape index (κ2) is 8.35. The van der Waals surface area contributed by atoms with Gasteiger partial charge < -0.3 is 14.8 Å². The third-order valence-electron chi connectivity index (χ3n) is 5.61. The highest BCUT2D eigenvalue weighted by atomic mass is 35.5. The Morgan fingerprint density at radius 1 is 1.23 bits per heavy atom. The van der Waals surface area contributed by atoms with Crippen molar-refractivity contribution >= 4 is 17.6 Å². The number of nitrogens with zero attached hydrogens (tertiary/aromatic N) is 2. The third kappa shape index (κ3) is 4.90. The lowest BCUT2D eigenvalue weighted by atomic mass is 9.95. The Morgan fingerprint density at radius 2 is 2.00 bits per heavy atom. The average Bonchev–Trinajstić information content (AvgIpc) is 3.41. The fourth-order valence-corrected chi connectivity index (χ4v) is 3.60. The number of halogens is 1. The van der Waals surface area contributed by atoms with Crippen LogP contribution in [0, 0.1) is 18.3 Å². The number of carboxylic acids is 1. The molecule has 1 aromatic carbocycles. The van der Waals surface area contributed by atoms with Gasteiger partial charge in [-0.1, -0.05) is 17.7 Å². The van der Waals surface area contributed by atoms with Crippen LogP contribution in [0.5, 0.6) is 5.88 Å². The van der Waals surface area contributed by atoms with E-state index in [1.807, 2.05) is 37.4 Å². The quantitative estimate of drug-likeness (QED) is 0.480. The Morgan fingerprint density at radius 3 is 2.65 bits per heavy atom. The molecule has 0 amide bonds. The normalized spacial score (nSPS) is 13.9. The Labute approximate surface area is 186 Å². The smallest absolute Gasteiger partial charge is 0.312 e. The molecular weight excluding hydrogens is 414 g/mol. The van der Waals surface area contributed by atoms with Gasteiger partial charge in [0.15, 0.2) is 0 Å². The summed E-state index contributed by atoms with van der Waals surface area (Å²) in [7, 11) is 0. The fourth-order valence-electron chi connectivity index (χ4n) is 3.33. The van der Waals surface area contributed by atoms with Gasteiger partial charge in [0, 0.05) is 35.3 Å². The summed E-state index contributed by atoms with van der Waals surface area (Å²) >= 11 is 6.59. The van der Waals surface area contributed by atoms with Crippen LogP contribution < -0.4 is 4.74 Å². The first-order valence-electron chi connectivity index (χ1n) is 10.4. The van der Waals surface area contributed by atoms with Crippen LogP contribution in [0.4, 0.5) is 0 Å². The monoisotopic (exact) mass is 439 g/mol. The number of benzene rings is 1. The van der Waals surface area contributed by atoms with Crippen molar-refractivity contribution in [3.8, 4) is 28.4 Å². The van der Waals surface area contributed by atoms with E-state index in [-0.39, 0.29) is 6.61 Å². The summed E-state index contributed by atoms with van der Waals surface area (Å²) in [4.78, 5) is 23.5. The van der Waals surface area contributed by atoms with Crippen LogP contribution in [-0.4, -0.2) is 32.6 Å². The molecule has 0 atom stereocenters. The largest absolute Gasteiger partial charge is 0.481 e. The lowest BCUT2D eigenvalue weighted by molar-refractivity contribution is -0.148. The van der Waals surface area contributed by atoms with Gasteiger partial charge in [0.1, 0.15) is 12.4 Å². The maximum atomic E-state index is 11.2. The number of aromatic nitrogens is 3. The standard InChI is InChI=1S/C24H26ClN3O3/c1-14-8-21(31-13-24(2,3)23(29)30)26-12-19(14)16-6-7-18(20(25)10-16)22-27-11-17(28-22)9-15-4-5-15/h6-8,10-12,15H,4-5,9,13H2,1-3H3,(H,27,28)(H,29,30). The van der Waals surface area contributed by atoms with Gasteiger partial charge in [-0.15, -0.1) is 0 Å². The van der Waals surface area contributed by atoms with E-state index in [4.69, 9.17) is 16.3 Å². The highest BCUT2D eigenvalue weighted by Crippen LogP contribution is 2.35. The number of H-pyrrole nitrogens is 1. The Bertz CT molecular complexity index is 1120. The minimum Gasteiger partial charge on any atom is -0.481 e. The number of hydrogen-bond donors (Lipinski definition) is 2. The Balaban J connectivity index is 1.51. The second-order valence-corrected chi connectivity index (χ2v) is 9.32. The molecule has 7 heteroatoms. The number of carboxylic acid groups (broad SMARTS) is 1. The van der Waals surface area contributed by atoms with E-state index in [9.17, 15) is 9.90 Å². The molecule has 1 fully saturated rings. The summed E-state index contributed by atoms with van der Waals surface area (Å²) in [5.41, 5.74) is 3.88. The minimum absolute atomic E-state index is 0.0422. The average molecular weight is 440 g/mol. The number of hydrogen-bond acceptors (Lipinski definition) is 4. The number of nitrogens with one attached hydrogen (secondary N) is 1. The predicted molar refractivity (Wildman–Crippen MR) is 120 cm³/mol. The van der Waals surface area contributed by atoms with Crippen molar-refractivity contribution in [1.82, 2.24) is 15.0 Å². The molecule has 0 bridgehead atoms. The Hall–Kier alpha value is -2.86. The van der Waals surface area contributed by atoms with Gasteiger partial charge in [-0.3, -0.25) is 4.79 Å². The van der Waals surface area contributed by atoms with Gasteiger partial charge in [0.2, 0.25) is 5.88 Å². The molecule has 2 aromatic heterocycles. The van der Waals surface area contributed by atoms with Gasteiger partial charge in [-0.05, 0) is 69.2 Å². The lowest BCUT2D eigenvalue weighted by Gasteiger charge is -2.19. The first kappa shape index (κ1) is 21.4. The number of aryl methyl sites for hydroxylation is 1.